The van der Waals surface area contributed by atoms with Crippen molar-refractivity contribution in [2.45, 2.75) is 85.4 Å². The standard InChI is InChI=1S/C22H37NO2/c1-16(2)14-19(20(24)25-22(6,7)8)23(9)15-17-10-12-18(13-11-17)21(3,4)5/h10-13,16,19H,14-15H2,1-9H3. The number of likely N-dealkylation sites (N-methyl/N-ethyl adjacent to an activating group) is 1. The summed E-state index contributed by atoms with van der Waals surface area (Å²) in [5.41, 5.74) is 2.24. The van der Waals surface area contributed by atoms with Crippen molar-refractivity contribution in [3.63, 3.8) is 0 Å². The summed E-state index contributed by atoms with van der Waals surface area (Å²) in [6, 6.07) is 8.49. The van der Waals surface area contributed by atoms with Gasteiger partial charge in [0, 0.05) is 6.54 Å². The van der Waals surface area contributed by atoms with E-state index in [1.807, 2.05) is 27.8 Å². The summed E-state index contributed by atoms with van der Waals surface area (Å²) in [6.07, 6.45) is 0.797. The molecule has 0 heterocycles. The van der Waals surface area contributed by atoms with Crippen LogP contribution in [0.3, 0.4) is 0 Å². The van der Waals surface area contributed by atoms with E-state index in [1.54, 1.807) is 0 Å². The number of esters is 1. The first kappa shape index (κ1) is 21.7. The number of ether oxygens (including phenoxy) is 1. The molecule has 1 unspecified atom stereocenters. The highest BCUT2D eigenvalue weighted by Crippen LogP contribution is 2.23. The second-order valence-corrected chi connectivity index (χ2v) is 9.54. The van der Waals surface area contributed by atoms with Crippen LogP contribution in [0.15, 0.2) is 24.3 Å². The van der Waals surface area contributed by atoms with Crippen molar-refractivity contribution >= 4 is 5.97 Å². The van der Waals surface area contributed by atoms with E-state index in [0.29, 0.717) is 5.92 Å². The number of rotatable bonds is 6. The van der Waals surface area contributed by atoms with Gasteiger partial charge in [-0.25, -0.2) is 0 Å². The van der Waals surface area contributed by atoms with Gasteiger partial charge in [-0.2, -0.15) is 0 Å². The van der Waals surface area contributed by atoms with Gasteiger partial charge >= 0.3 is 5.97 Å². The fraction of sp³-hybridized carbons (Fsp3) is 0.682. The quantitative estimate of drug-likeness (QED) is 0.665. The average molecular weight is 348 g/mol. The minimum Gasteiger partial charge on any atom is -0.459 e. The van der Waals surface area contributed by atoms with E-state index in [0.717, 1.165) is 13.0 Å². The molecule has 1 rings (SSSR count). The number of nitrogens with zero attached hydrogens (tertiary/aromatic N) is 1. The molecule has 1 atom stereocenters. The molecule has 0 saturated heterocycles. The van der Waals surface area contributed by atoms with Crippen LogP contribution in [0.1, 0.15) is 72.9 Å². The molecule has 0 aliphatic rings. The SMILES string of the molecule is CC(C)CC(C(=O)OC(C)(C)C)N(C)Cc1ccc(C(C)(C)C)cc1. The zero-order valence-electron chi connectivity index (χ0n) is 17.6. The predicted molar refractivity (Wildman–Crippen MR) is 106 cm³/mol. The molecular formula is C22H37NO2. The molecule has 0 amide bonds. The van der Waals surface area contributed by atoms with Crippen molar-refractivity contribution in [1.82, 2.24) is 4.90 Å². The summed E-state index contributed by atoms with van der Waals surface area (Å²) in [5.74, 6) is 0.304. The van der Waals surface area contributed by atoms with Crippen LogP contribution in [0, 0.1) is 5.92 Å². The Morgan fingerprint density at radius 1 is 1.04 bits per heavy atom. The second kappa shape index (κ2) is 8.35. The zero-order valence-corrected chi connectivity index (χ0v) is 17.6. The lowest BCUT2D eigenvalue weighted by Gasteiger charge is -2.31. The number of hydrogen-bond donors (Lipinski definition) is 0. The molecule has 0 spiro atoms. The van der Waals surface area contributed by atoms with E-state index in [1.165, 1.54) is 11.1 Å². The van der Waals surface area contributed by atoms with Crippen LogP contribution in [-0.4, -0.2) is 29.6 Å². The van der Waals surface area contributed by atoms with Crippen molar-refractivity contribution < 1.29 is 9.53 Å². The van der Waals surface area contributed by atoms with E-state index in [9.17, 15) is 4.79 Å². The molecule has 0 aliphatic heterocycles. The third-order valence-electron chi connectivity index (χ3n) is 4.16. The molecule has 0 aliphatic carbocycles. The molecule has 1 aromatic rings. The number of hydrogen-bond acceptors (Lipinski definition) is 3. The Morgan fingerprint density at radius 2 is 1.56 bits per heavy atom. The highest BCUT2D eigenvalue weighted by Gasteiger charge is 2.29. The Bertz CT molecular complexity index is 547. The molecule has 25 heavy (non-hydrogen) atoms. The van der Waals surface area contributed by atoms with Crippen LogP contribution >= 0.6 is 0 Å². The van der Waals surface area contributed by atoms with Gasteiger partial charge in [0.25, 0.3) is 0 Å². The van der Waals surface area contributed by atoms with Crippen molar-refractivity contribution in [3.8, 4) is 0 Å². The van der Waals surface area contributed by atoms with Gasteiger partial charge < -0.3 is 4.74 Å². The van der Waals surface area contributed by atoms with Gasteiger partial charge in [-0.15, -0.1) is 0 Å². The third-order valence-corrected chi connectivity index (χ3v) is 4.16. The summed E-state index contributed by atoms with van der Waals surface area (Å²) >= 11 is 0. The van der Waals surface area contributed by atoms with Crippen molar-refractivity contribution in [1.29, 1.82) is 0 Å². The van der Waals surface area contributed by atoms with Gasteiger partial charge in [0.1, 0.15) is 11.6 Å². The summed E-state index contributed by atoms with van der Waals surface area (Å²) in [5, 5.41) is 0. The van der Waals surface area contributed by atoms with Crippen LogP contribution in [-0.2, 0) is 21.5 Å². The Balaban J connectivity index is 2.87. The Labute approximate surface area is 154 Å². The first-order valence-electron chi connectivity index (χ1n) is 9.32. The number of benzene rings is 1. The monoisotopic (exact) mass is 347 g/mol. The van der Waals surface area contributed by atoms with Crippen molar-refractivity contribution in [2.24, 2.45) is 5.92 Å². The maximum absolute atomic E-state index is 12.6. The summed E-state index contributed by atoms with van der Waals surface area (Å²) in [7, 11) is 2.01. The minimum atomic E-state index is -0.457. The largest absolute Gasteiger partial charge is 0.459 e. The van der Waals surface area contributed by atoms with Gasteiger partial charge in [0.05, 0.1) is 0 Å². The van der Waals surface area contributed by atoms with Crippen LogP contribution < -0.4 is 0 Å². The molecule has 3 nitrogen and oxygen atoms in total. The van der Waals surface area contributed by atoms with Gasteiger partial charge in [0.15, 0.2) is 0 Å². The van der Waals surface area contributed by atoms with Crippen LogP contribution in [0.4, 0.5) is 0 Å². The van der Waals surface area contributed by atoms with Crippen LogP contribution in [0.5, 0.6) is 0 Å². The van der Waals surface area contributed by atoms with Gasteiger partial charge in [-0.05, 0) is 56.7 Å². The van der Waals surface area contributed by atoms with Crippen LogP contribution in [0.2, 0.25) is 0 Å². The predicted octanol–water partition coefficient (Wildman–Crippen LogP) is 5.17. The molecule has 0 aromatic heterocycles. The lowest BCUT2D eigenvalue weighted by molar-refractivity contribution is -0.161. The van der Waals surface area contributed by atoms with Gasteiger partial charge in [-0.1, -0.05) is 58.9 Å². The van der Waals surface area contributed by atoms with E-state index in [-0.39, 0.29) is 17.4 Å². The molecule has 0 fully saturated rings. The van der Waals surface area contributed by atoms with Gasteiger partial charge in [0.2, 0.25) is 0 Å². The summed E-state index contributed by atoms with van der Waals surface area (Å²) in [6.45, 7) is 17.4. The molecule has 142 valence electrons. The maximum Gasteiger partial charge on any atom is 0.323 e. The fourth-order valence-electron chi connectivity index (χ4n) is 2.78. The van der Waals surface area contributed by atoms with E-state index in [2.05, 4.69) is 63.8 Å². The molecule has 0 N–H and O–H groups in total. The normalized spacial score (nSPS) is 14.0. The van der Waals surface area contributed by atoms with Crippen LogP contribution in [0.25, 0.3) is 0 Å². The average Bonchev–Trinajstić information content (AvgIpc) is 2.42. The number of carbonyl (C=O) groups excluding carboxylic acids is 1. The first-order valence-corrected chi connectivity index (χ1v) is 9.32. The van der Waals surface area contributed by atoms with E-state index in [4.69, 9.17) is 4.74 Å². The van der Waals surface area contributed by atoms with E-state index < -0.39 is 5.60 Å². The highest BCUT2D eigenvalue weighted by atomic mass is 16.6. The Hall–Kier alpha value is -1.35. The minimum absolute atomic E-state index is 0.130. The first-order chi connectivity index (χ1) is 11.3. The number of carbonyl (C=O) groups is 1. The summed E-state index contributed by atoms with van der Waals surface area (Å²) in [4.78, 5) is 14.8. The molecule has 1 aromatic carbocycles. The highest BCUT2D eigenvalue weighted by molar-refractivity contribution is 5.76. The third kappa shape index (κ3) is 7.60. The zero-order chi connectivity index (χ0) is 19.4. The van der Waals surface area contributed by atoms with Crippen molar-refractivity contribution in [2.75, 3.05) is 7.05 Å². The lowest BCUT2D eigenvalue weighted by Crippen LogP contribution is -2.43. The topological polar surface area (TPSA) is 29.5 Å². The van der Waals surface area contributed by atoms with E-state index >= 15 is 0 Å². The molecule has 0 bridgehead atoms. The maximum atomic E-state index is 12.6. The second-order valence-electron chi connectivity index (χ2n) is 9.54. The molecule has 3 heteroatoms. The molecular weight excluding hydrogens is 310 g/mol. The molecule has 0 radical (unpaired) electrons. The van der Waals surface area contributed by atoms with Crippen molar-refractivity contribution in [3.05, 3.63) is 35.4 Å². The smallest absolute Gasteiger partial charge is 0.323 e. The molecule has 0 saturated carbocycles. The summed E-state index contributed by atoms with van der Waals surface area (Å²) < 4.78 is 5.64. The Kier molecular flexibility index (Phi) is 7.25. The lowest BCUT2D eigenvalue weighted by atomic mass is 9.86. The Morgan fingerprint density at radius 3 is 1.96 bits per heavy atom. The fourth-order valence-corrected chi connectivity index (χ4v) is 2.78. The van der Waals surface area contributed by atoms with Gasteiger partial charge in [-0.3, -0.25) is 9.69 Å².